The van der Waals surface area contributed by atoms with Crippen LogP contribution >= 0.6 is 0 Å². The van der Waals surface area contributed by atoms with Gasteiger partial charge in [0.25, 0.3) is 0 Å². The molecule has 1 heterocycles. The van der Waals surface area contributed by atoms with Crippen molar-refractivity contribution in [3.63, 3.8) is 0 Å². The van der Waals surface area contributed by atoms with Gasteiger partial charge in [0.1, 0.15) is 0 Å². The van der Waals surface area contributed by atoms with Gasteiger partial charge in [-0.3, -0.25) is 0 Å². The zero-order chi connectivity index (χ0) is 11.1. The maximum Gasteiger partial charge on any atom is 0.0510 e. The first kappa shape index (κ1) is 12.7. The minimum atomic E-state index is 0.629. The Morgan fingerprint density at radius 3 is 2.93 bits per heavy atom. The Kier molecular flexibility index (Phi) is 5.96. The first-order valence-electron chi connectivity index (χ1n) is 6.19. The van der Waals surface area contributed by atoms with E-state index < -0.39 is 0 Å². The van der Waals surface area contributed by atoms with E-state index >= 15 is 0 Å². The molecule has 0 saturated carbocycles. The van der Waals surface area contributed by atoms with E-state index in [0.717, 1.165) is 32.1 Å². The van der Waals surface area contributed by atoms with Crippen molar-refractivity contribution in [2.75, 3.05) is 19.8 Å². The van der Waals surface area contributed by atoms with Crippen molar-refractivity contribution in [2.45, 2.75) is 45.6 Å². The molecule has 0 aromatic rings. The summed E-state index contributed by atoms with van der Waals surface area (Å²) in [6, 6.07) is 0.629. The normalized spacial score (nSPS) is 22.9. The molecule has 1 fully saturated rings. The fourth-order valence-electron chi connectivity index (χ4n) is 2.11. The molecule has 15 heavy (non-hydrogen) atoms. The quantitative estimate of drug-likeness (QED) is 0.654. The zero-order valence-corrected chi connectivity index (χ0v) is 10.2. The molecule has 2 nitrogen and oxygen atoms in total. The molecule has 0 spiro atoms. The van der Waals surface area contributed by atoms with Crippen LogP contribution in [-0.4, -0.2) is 25.8 Å². The van der Waals surface area contributed by atoms with Crippen LogP contribution in [0.2, 0.25) is 0 Å². The Morgan fingerprint density at radius 2 is 2.40 bits per heavy atom. The number of rotatable bonds is 7. The van der Waals surface area contributed by atoms with Crippen molar-refractivity contribution in [2.24, 2.45) is 5.92 Å². The van der Waals surface area contributed by atoms with Crippen LogP contribution in [0.1, 0.15) is 39.5 Å². The molecule has 0 aliphatic carbocycles. The summed E-state index contributed by atoms with van der Waals surface area (Å²) in [5.41, 5.74) is 1.29. The predicted octanol–water partition coefficient (Wildman–Crippen LogP) is 2.75. The SMILES string of the molecule is C=C(C)CCC(NCCC)C1CCOC1. The lowest BCUT2D eigenvalue weighted by atomic mass is 9.93. The van der Waals surface area contributed by atoms with Gasteiger partial charge in [0.2, 0.25) is 0 Å². The van der Waals surface area contributed by atoms with Gasteiger partial charge in [0, 0.05) is 12.6 Å². The van der Waals surface area contributed by atoms with Crippen LogP contribution < -0.4 is 5.32 Å². The summed E-state index contributed by atoms with van der Waals surface area (Å²) >= 11 is 0. The van der Waals surface area contributed by atoms with Crippen molar-refractivity contribution in [3.8, 4) is 0 Å². The summed E-state index contributed by atoms with van der Waals surface area (Å²) in [4.78, 5) is 0. The van der Waals surface area contributed by atoms with Gasteiger partial charge >= 0.3 is 0 Å². The highest BCUT2D eigenvalue weighted by atomic mass is 16.5. The summed E-state index contributed by atoms with van der Waals surface area (Å²) < 4.78 is 5.46. The van der Waals surface area contributed by atoms with Gasteiger partial charge in [-0.2, -0.15) is 0 Å². The summed E-state index contributed by atoms with van der Waals surface area (Å²) in [6.45, 7) is 11.3. The molecule has 1 saturated heterocycles. The van der Waals surface area contributed by atoms with Crippen molar-refractivity contribution >= 4 is 0 Å². The van der Waals surface area contributed by atoms with Crippen molar-refractivity contribution in [1.82, 2.24) is 5.32 Å². The second-order valence-corrected chi connectivity index (χ2v) is 4.68. The maximum atomic E-state index is 5.46. The van der Waals surface area contributed by atoms with Gasteiger partial charge in [-0.15, -0.1) is 6.58 Å². The average Bonchev–Trinajstić information content (AvgIpc) is 2.71. The minimum Gasteiger partial charge on any atom is -0.381 e. The summed E-state index contributed by atoms with van der Waals surface area (Å²) in [5, 5.41) is 3.65. The first-order valence-corrected chi connectivity index (χ1v) is 6.19. The van der Waals surface area contributed by atoms with E-state index in [-0.39, 0.29) is 0 Å². The number of ether oxygens (including phenoxy) is 1. The van der Waals surface area contributed by atoms with Crippen molar-refractivity contribution in [3.05, 3.63) is 12.2 Å². The molecular weight excluding hydrogens is 186 g/mol. The van der Waals surface area contributed by atoms with Crippen LogP contribution in [0.4, 0.5) is 0 Å². The Hall–Kier alpha value is -0.340. The molecule has 0 aromatic carbocycles. The molecule has 0 radical (unpaired) electrons. The minimum absolute atomic E-state index is 0.629. The summed E-state index contributed by atoms with van der Waals surface area (Å²) in [7, 11) is 0. The van der Waals surface area contributed by atoms with E-state index in [1.54, 1.807) is 0 Å². The lowest BCUT2D eigenvalue weighted by molar-refractivity contribution is 0.175. The van der Waals surface area contributed by atoms with E-state index in [1.165, 1.54) is 24.8 Å². The van der Waals surface area contributed by atoms with E-state index in [1.807, 2.05) is 0 Å². The van der Waals surface area contributed by atoms with E-state index in [4.69, 9.17) is 4.74 Å². The van der Waals surface area contributed by atoms with Gasteiger partial charge in [-0.1, -0.05) is 12.5 Å². The second kappa shape index (κ2) is 7.02. The van der Waals surface area contributed by atoms with Crippen LogP contribution in [0.25, 0.3) is 0 Å². The molecule has 1 aliphatic rings. The lowest BCUT2D eigenvalue weighted by Gasteiger charge is -2.23. The fraction of sp³-hybridized carbons (Fsp3) is 0.846. The Balaban J connectivity index is 2.33. The molecule has 0 aromatic heterocycles. The van der Waals surface area contributed by atoms with E-state index in [2.05, 4.69) is 25.7 Å². The molecule has 88 valence electrons. The van der Waals surface area contributed by atoms with Gasteiger partial charge in [0.05, 0.1) is 6.61 Å². The van der Waals surface area contributed by atoms with Gasteiger partial charge < -0.3 is 10.1 Å². The highest BCUT2D eigenvalue weighted by Crippen LogP contribution is 2.21. The van der Waals surface area contributed by atoms with Gasteiger partial charge in [-0.25, -0.2) is 0 Å². The molecule has 2 heteroatoms. The van der Waals surface area contributed by atoms with Crippen molar-refractivity contribution < 1.29 is 4.74 Å². The standard InChI is InChI=1S/C13H25NO/c1-4-8-14-13(6-5-11(2)3)12-7-9-15-10-12/h12-14H,2,4-10H2,1,3H3. The molecular formula is C13H25NO. The fourth-order valence-corrected chi connectivity index (χ4v) is 2.11. The Labute approximate surface area is 94.1 Å². The third-order valence-corrected chi connectivity index (χ3v) is 3.07. The smallest absolute Gasteiger partial charge is 0.0510 e. The van der Waals surface area contributed by atoms with Crippen molar-refractivity contribution in [1.29, 1.82) is 0 Å². The number of allylic oxidation sites excluding steroid dienone is 1. The third kappa shape index (κ3) is 4.80. The molecule has 1 aliphatic heterocycles. The monoisotopic (exact) mass is 211 g/mol. The van der Waals surface area contributed by atoms with Crippen LogP contribution in [0.3, 0.4) is 0 Å². The highest BCUT2D eigenvalue weighted by molar-refractivity contribution is 4.91. The number of hydrogen-bond acceptors (Lipinski definition) is 2. The summed E-state index contributed by atoms with van der Waals surface area (Å²) in [6.07, 6.45) is 4.77. The molecule has 1 rings (SSSR count). The average molecular weight is 211 g/mol. The molecule has 1 N–H and O–H groups in total. The van der Waals surface area contributed by atoms with Gasteiger partial charge in [0.15, 0.2) is 0 Å². The highest BCUT2D eigenvalue weighted by Gasteiger charge is 2.24. The third-order valence-electron chi connectivity index (χ3n) is 3.07. The predicted molar refractivity (Wildman–Crippen MR) is 65.1 cm³/mol. The van der Waals surface area contributed by atoms with E-state index in [0.29, 0.717) is 6.04 Å². The lowest BCUT2D eigenvalue weighted by Crippen LogP contribution is -2.37. The molecule has 2 atom stereocenters. The van der Waals surface area contributed by atoms with Crippen LogP contribution in [-0.2, 0) is 4.74 Å². The van der Waals surface area contributed by atoms with Gasteiger partial charge in [-0.05, 0) is 45.1 Å². The zero-order valence-electron chi connectivity index (χ0n) is 10.2. The second-order valence-electron chi connectivity index (χ2n) is 4.68. The topological polar surface area (TPSA) is 21.3 Å². The van der Waals surface area contributed by atoms with Crippen LogP contribution in [0, 0.1) is 5.92 Å². The maximum absolute atomic E-state index is 5.46. The molecule has 0 amide bonds. The molecule has 2 unspecified atom stereocenters. The number of nitrogens with one attached hydrogen (secondary N) is 1. The largest absolute Gasteiger partial charge is 0.381 e. The Morgan fingerprint density at radius 1 is 1.60 bits per heavy atom. The summed E-state index contributed by atoms with van der Waals surface area (Å²) in [5.74, 6) is 0.718. The van der Waals surface area contributed by atoms with Crippen LogP contribution in [0.15, 0.2) is 12.2 Å². The number of hydrogen-bond donors (Lipinski definition) is 1. The molecule has 0 bridgehead atoms. The van der Waals surface area contributed by atoms with E-state index in [9.17, 15) is 0 Å². The Bertz CT molecular complexity index is 185. The van der Waals surface area contributed by atoms with Crippen LogP contribution in [0.5, 0.6) is 0 Å². The first-order chi connectivity index (χ1) is 7.24.